The van der Waals surface area contributed by atoms with Crippen LogP contribution in [0.3, 0.4) is 0 Å². The summed E-state index contributed by atoms with van der Waals surface area (Å²) in [7, 11) is 0. The van der Waals surface area contributed by atoms with Crippen LogP contribution < -0.4 is 0 Å². The number of thioether (sulfide) groups is 1. The monoisotopic (exact) mass is 475 g/mol. The van der Waals surface area contributed by atoms with Crippen molar-refractivity contribution in [1.82, 2.24) is 25.1 Å². The fourth-order valence-corrected chi connectivity index (χ4v) is 4.36. The van der Waals surface area contributed by atoms with Crippen molar-refractivity contribution >= 4 is 29.6 Å². The Kier molecular flexibility index (Phi) is 8.06. The van der Waals surface area contributed by atoms with Gasteiger partial charge < -0.3 is 9.47 Å². The van der Waals surface area contributed by atoms with Crippen LogP contribution in [0.1, 0.15) is 56.9 Å². The first-order chi connectivity index (χ1) is 15.7. The highest BCUT2D eigenvalue weighted by Gasteiger charge is 2.40. The van der Waals surface area contributed by atoms with Gasteiger partial charge in [0.1, 0.15) is 11.6 Å². The molecule has 0 spiro atoms. The average Bonchev–Trinajstić information content (AvgIpc) is 3.25. The number of likely N-dealkylation sites (tertiary alicyclic amines) is 1. The van der Waals surface area contributed by atoms with E-state index in [1.165, 1.54) is 16.7 Å². The van der Waals surface area contributed by atoms with Crippen molar-refractivity contribution in [2.45, 2.75) is 63.4 Å². The lowest BCUT2D eigenvalue weighted by atomic mass is 9.97. The Hall–Kier alpha value is -2.95. The number of ketones is 1. The number of carbonyl (C=O) groups is 3. The molecular weight excluding hydrogens is 446 g/mol. The summed E-state index contributed by atoms with van der Waals surface area (Å²) < 4.78 is 12.3. The second-order valence-corrected chi connectivity index (χ2v) is 9.55. The lowest BCUT2D eigenvalue weighted by Gasteiger charge is -2.38. The third-order valence-electron chi connectivity index (χ3n) is 5.00. The number of hydrogen-bond donors (Lipinski definition) is 0. The van der Waals surface area contributed by atoms with Crippen LogP contribution in [0.25, 0.3) is 0 Å². The molecule has 0 bridgehead atoms. The van der Waals surface area contributed by atoms with Crippen molar-refractivity contribution in [2.75, 3.05) is 18.9 Å². The van der Waals surface area contributed by atoms with E-state index < -0.39 is 23.7 Å². The van der Waals surface area contributed by atoms with Gasteiger partial charge in [-0.3, -0.25) is 9.69 Å². The highest BCUT2D eigenvalue weighted by molar-refractivity contribution is 7.99. The summed E-state index contributed by atoms with van der Waals surface area (Å²) >= 11 is 1.24. The molecule has 33 heavy (non-hydrogen) atoms. The first kappa shape index (κ1) is 24.7. The van der Waals surface area contributed by atoms with E-state index >= 15 is 0 Å². The van der Waals surface area contributed by atoms with E-state index in [2.05, 4.69) is 15.5 Å². The third kappa shape index (κ3) is 6.53. The number of Topliss-reactive ketones (excluding diaryl/α,β-unsaturated/α-hetero) is 1. The molecular formula is C22H29N5O5S. The standard InChI is InChI=1S/C22H29N5O5S/c1-5-31-19(29)17-13-16(11-12-26(17)21(30)32-22(2,3)4)27-20(23-24-25-27)33-14-18(28)15-9-7-6-8-10-15/h6-10,16-17H,5,11-14H2,1-4H3. The molecule has 2 unspecified atom stereocenters. The largest absolute Gasteiger partial charge is 0.464 e. The average molecular weight is 476 g/mol. The van der Waals surface area contributed by atoms with Gasteiger partial charge in [-0.15, -0.1) is 5.10 Å². The molecule has 10 nitrogen and oxygen atoms in total. The quantitative estimate of drug-likeness (QED) is 0.338. The summed E-state index contributed by atoms with van der Waals surface area (Å²) in [4.78, 5) is 39.2. The van der Waals surface area contributed by atoms with Gasteiger partial charge in [0.2, 0.25) is 5.16 Å². The number of piperidine rings is 1. The number of tetrazole rings is 1. The smallest absolute Gasteiger partial charge is 0.411 e. The molecule has 0 aliphatic carbocycles. The molecule has 1 aromatic heterocycles. The molecule has 1 aliphatic rings. The van der Waals surface area contributed by atoms with Crippen molar-refractivity contribution < 1.29 is 23.9 Å². The summed E-state index contributed by atoms with van der Waals surface area (Å²) in [6.45, 7) is 7.54. The Bertz CT molecular complexity index is 975. The minimum Gasteiger partial charge on any atom is -0.464 e. The molecule has 1 fully saturated rings. The molecule has 178 valence electrons. The van der Waals surface area contributed by atoms with Crippen LogP contribution >= 0.6 is 11.8 Å². The number of carbonyl (C=O) groups excluding carboxylic acids is 3. The lowest BCUT2D eigenvalue weighted by Crippen LogP contribution is -2.52. The number of benzene rings is 1. The minimum absolute atomic E-state index is 0.0284. The van der Waals surface area contributed by atoms with Crippen molar-refractivity contribution in [2.24, 2.45) is 0 Å². The van der Waals surface area contributed by atoms with Crippen LogP contribution in [-0.4, -0.2) is 73.5 Å². The van der Waals surface area contributed by atoms with Gasteiger partial charge in [-0.2, -0.15) is 0 Å². The maximum Gasteiger partial charge on any atom is 0.411 e. The molecule has 3 rings (SSSR count). The zero-order valence-corrected chi connectivity index (χ0v) is 20.1. The molecule has 0 radical (unpaired) electrons. The van der Waals surface area contributed by atoms with Gasteiger partial charge in [-0.05, 0) is 44.5 Å². The van der Waals surface area contributed by atoms with Gasteiger partial charge >= 0.3 is 12.1 Å². The van der Waals surface area contributed by atoms with E-state index in [-0.39, 0.29) is 37.2 Å². The van der Waals surface area contributed by atoms with Crippen LogP contribution in [0.15, 0.2) is 35.5 Å². The second kappa shape index (κ2) is 10.8. The van der Waals surface area contributed by atoms with Gasteiger partial charge in [0.25, 0.3) is 0 Å². The van der Waals surface area contributed by atoms with Gasteiger partial charge in [0.15, 0.2) is 5.78 Å². The predicted molar refractivity (Wildman–Crippen MR) is 121 cm³/mol. The van der Waals surface area contributed by atoms with Crippen molar-refractivity contribution in [3.05, 3.63) is 35.9 Å². The van der Waals surface area contributed by atoms with E-state index in [0.717, 1.165) is 0 Å². The zero-order chi connectivity index (χ0) is 24.0. The van der Waals surface area contributed by atoms with E-state index in [9.17, 15) is 14.4 Å². The van der Waals surface area contributed by atoms with Crippen LogP contribution in [0.2, 0.25) is 0 Å². The minimum atomic E-state index is -0.813. The fourth-order valence-electron chi connectivity index (χ4n) is 3.52. The van der Waals surface area contributed by atoms with Gasteiger partial charge in [-0.25, -0.2) is 14.3 Å². The Balaban J connectivity index is 1.72. The molecule has 2 atom stereocenters. The number of aromatic nitrogens is 4. The van der Waals surface area contributed by atoms with Crippen LogP contribution in [0, 0.1) is 0 Å². The van der Waals surface area contributed by atoms with E-state index in [1.54, 1.807) is 44.5 Å². The molecule has 0 N–H and O–H groups in total. The summed E-state index contributed by atoms with van der Waals surface area (Å²) in [5, 5.41) is 12.4. The van der Waals surface area contributed by atoms with Gasteiger partial charge in [-0.1, -0.05) is 42.1 Å². The summed E-state index contributed by atoms with van der Waals surface area (Å²) in [5.74, 6) is -0.337. The van der Waals surface area contributed by atoms with E-state index in [4.69, 9.17) is 9.47 Å². The fraction of sp³-hybridized carbons (Fsp3) is 0.545. The third-order valence-corrected chi connectivity index (χ3v) is 5.93. The van der Waals surface area contributed by atoms with Crippen LogP contribution in [0.4, 0.5) is 4.79 Å². The molecule has 2 heterocycles. The first-order valence-electron chi connectivity index (χ1n) is 10.8. The maximum absolute atomic E-state index is 12.7. The van der Waals surface area contributed by atoms with Crippen LogP contribution in [0.5, 0.6) is 0 Å². The number of nitrogens with zero attached hydrogens (tertiary/aromatic N) is 5. The van der Waals surface area contributed by atoms with Crippen LogP contribution in [-0.2, 0) is 14.3 Å². The Morgan fingerprint density at radius 2 is 1.91 bits per heavy atom. The number of esters is 1. The molecule has 1 aromatic carbocycles. The highest BCUT2D eigenvalue weighted by Crippen LogP contribution is 2.31. The van der Waals surface area contributed by atoms with E-state index in [0.29, 0.717) is 17.1 Å². The number of rotatable bonds is 7. The first-order valence-corrected chi connectivity index (χ1v) is 11.8. The second-order valence-electron chi connectivity index (χ2n) is 8.60. The van der Waals surface area contributed by atoms with Crippen molar-refractivity contribution in [1.29, 1.82) is 0 Å². The summed E-state index contributed by atoms with van der Waals surface area (Å²) in [6.07, 6.45) is 0.253. The van der Waals surface area contributed by atoms with Gasteiger partial charge in [0, 0.05) is 18.5 Å². The number of ether oxygens (including phenoxy) is 2. The molecule has 1 aliphatic heterocycles. The predicted octanol–water partition coefficient (Wildman–Crippen LogP) is 3.15. The SMILES string of the molecule is CCOC(=O)C1CC(n2nnnc2SCC(=O)c2ccccc2)CCN1C(=O)OC(C)(C)C. The number of hydrogen-bond acceptors (Lipinski definition) is 9. The normalized spacial score (nSPS) is 18.6. The topological polar surface area (TPSA) is 117 Å². The maximum atomic E-state index is 12.7. The molecule has 0 saturated carbocycles. The molecule has 1 saturated heterocycles. The molecule has 2 aromatic rings. The highest BCUT2D eigenvalue weighted by atomic mass is 32.2. The molecule has 11 heteroatoms. The van der Waals surface area contributed by atoms with Crippen molar-refractivity contribution in [3.63, 3.8) is 0 Å². The van der Waals surface area contributed by atoms with Gasteiger partial charge in [0.05, 0.1) is 18.4 Å². The summed E-state index contributed by atoms with van der Waals surface area (Å²) in [5.41, 5.74) is -0.0602. The zero-order valence-electron chi connectivity index (χ0n) is 19.3. The van der Waals surface area contributed by atoms with Crippen molar-refractivity contribution in [3.8, 4) is 0 Å². The van der Waals surface area contributed by atoms with E-state index in [1.807, 2.05) is 18.2 Å². The Labute approximate surface area is 197 Å². The summed E-state index contributed by atoms with van der Waals surface area (Å²) in [6, 6.07) is 7.97. The Morgan fingerprint density at radius 3 is 2.58 bits per heavy atom. The number of amides is 1. The lowest BCUT2D eigenvalue weighted by molar-refractivity contribution is -0.151. The Morgan fingerprint density at radius 1 is 1.18 bits per heavy atom. The molecule has 1 amide bonds.